The summed E-state index contributed by atoms with van der Waals surface area (Å²) in [6.45, 7) is 0. The van der Waals surface area contributed by atoms with Crippen LogP contribution in [0.3, 0.4) is 0 Å². The quantitative estimate of drug-likeness (QED) is 0.816. The highest BCUT2D eigenvalue weighted by molar-refractivity contribution is 7.90. The highest BCUT2D eigenvalue weighted by Crippen LogP contribution is 2.24. The summed E-state index contributed by atoms with van der Waals surface area (Å²) in [6, 6.07) is 5.55. The molecule has 1 aliphatic carbocycles. The van der Waals surface area contributed by atoms with Crippen molar-refractivity contribution in [2.45, 2.75) is 30.6 Å². The maximum atomic E-state index is 11.8. The fourth-order valence-corrected chi connectivity index (χ4v) is 2.96. The fraction of sp³-hybridized carbons (Fsp3) is 0.429. The van der Waals surface area contributed by atoms with Crippen molar-refractivity contribution in [2.24, 2.45) is 5.92 Å². The van der Waals surface area contributed by atoms with Crippen LogP contribution in [0.2, 0.25) is 0 Å². The lowest BCUT2D eigenvalue weighted by Gasteiger charge is -2.11. The summed E-state index contributed by atoms with van der Waals surface area (Å²) in [6.07, 6.45) is 4.89. The number of carbonyl (C=O) groups is 2. The van der Waals surface area contributed by atoms with Crippen LogP contribution in [-0.4, -0.2) is 26.5 Å². The van der Waals surface area contributed by atoms with Gasteiger partial charge in [0.25, 0.3) is 5.91 Å². The second-order valence-electron chi connectivity index (χ2n) is 5.22. The zero-order chi connectivity index (χ0) is 15.5. The van der Waals surface area contributed by atoms with Gasteiger partial charge in [0.2, 0.25) is 5.91 Å². The van der Waals surface area contributed by atoms with E-state index in [2.05, 4.69) is 10.9 Å². The predicted molar refractivity (Wildman–Crippen MR) is 77.1 cm³/mol. The minimum absolute atomic E-state index is 0.0297. The van der Waals surface area contributed by atoms with Gasteiger partial charge in [-0.1, -0.05) is 12.8 Å². The van der Waals surface area contributed by atoms with Gasteiger partial charge in [0.15, 0.2) is 9.84 Å². The Balaban J connectivity index is 1.92. The Kier molecular flexibility index (Phi) is 4.62. The topological polar surface area (TPSA) is 92.3 Å². The number of amides is 2. The first-order valence-corrected chi connectivity index (χ1v) is 8.67. The van der Waals surface area contributed by atoms with Gasteiger partial charge in [0.05, 0.1) is 4.90 Å². The van der Waals surface area contributed by atoms with Crippen LogP contribution in [0.25, 0.3) is 0 Å². The Morgan fingerprint density at radius 3 is 2.14 bits per heavy atom. The second kappa shape index (κ2) is 6.26. The molecule has 1 saturated carbocycles. The van der Waals surface area contributed by atoms with Crippen LogP contribution in [0.5, 0.6) is 0 Å². The number of hydrazine groups is 1. The maximum absolute atomic E-state index is 11.8. The predicted octanol–water partition coefficient (Wildman–Crippen LogP) is 1.04. The minimum atomic E-state index is -3.28. The zero-order valence-corrected chi connectivity index (χ0v) is 12.6. The van der Waals surface area contributed by atoms with Crippen LogP contribution in [0, 0.1) is 5.92 Å². The maximum Gasteiger partial charge on any atom is 0.269 e. The third kappa shape index (κ3) is 4.04. The summed E-state index contributed by atoms with van der Waals surface area (Å²) in [5.74, 6) is -0.673. The summed E-state index contributed by atoms with van der Waals surface area (Å²) in [4.78, 5) is 23.8. The molecule has 0 unspecified atom stereocenters. The smallest absolute Gasteiger partial charge is 0.269 e. The Hall–Kier alpha value is -1.89. The lowest BCUT2D eigenvalue weighted by molar-refractivity contribution is -0.125. The third-order valence-corrected chi connectivity index (χ3v) is 4.70. The lowest BCUT2D eigenvalue weighted by Crippen LogP contribution is -2.44. The molecule has 1 aliphatic rings. The second-order valence-corrected chi connectivity index (χ2v) is 7.24. The summed E-state index contributed by atoms with van der Waals surface area (Å²) in [5.41, 5.74) is 5.04. The lowest BCUT2D eigenvalue weighted by atomic mass is 10.1. The van der Waals surface area contributed by atoms with Gasteiger partial charge in [0, 0.05) is 17.7 Å². The number of sulfone groups is 1. The molecule has 0 aromatic heterocycles. The fourth-order valence-electron chi connectivity index (χ4n) is 2.33. The van der Waals surface area contributed by atoms with Crippen LogP contribution in [0.1, 0.15) is 36.0 Å². The molecule has 0 spiro atoms. The van der Waals surface area contributed by atoms with Crippen LogP contribution < -0.4 is 10.9 Å². The average molecular weight is 310 g/mol. The van der Waals surface area contributed by atoms with Gasteiger partial charge in [-0.05, 0) is 37.1 Å². The van der Waals surface area contributed by atoms with E-state index in [9.17, 15) is 18.0 Å². The van der Waals surface area contributed by atoms with Crippen molar-refractivity contribution in [1.82, 2.24) is 10.9 Å². The molecule has 6 nitrogen and oxygen atoms in total. The molecule has 7 heteroatoms. The van der Waals surface area contributed by atoms with Gasteiger partial charge in [-0.2, -0.15) is 0 Å². The monoisotopic (exact) mass is 310 g/mol. The van der Waals surface area contributed by atoms with Crippen LogP contribution >= 0.6 is 0 Å². The number of hydrogen-bond donors (Lipinski definition) is 2. The molecule has 0 atom stereocenters. The first-order valence-electron chi connectivity index (χ1n) is 6.78. The first kappa shape index (κ1) is 15.5. The number of nitrogens with one attached hydrogen (secondary N) is 2. The van der Waals surface area contributed by atoms with E-state index in [1.807, 2.05) is 0 Å². The largest absolute Gasteiger partial charge is 0.273 e. The average Bonchev–Trinajstić information content (AvgIpc) is 2.98. The Labute approximate surface area is 123 Å². The van der Waals surface area contributed by atoms with Crippen molar-refractivity contribution in [2.75, 3.05) is 6.26 Å². The third-order valence-electron chi connectivity index (χ3n) is 3.57. The molecule has 0 bridgehead atoms. The van der Waals surface area contributed by atoms with Gasteiger partial charge in [-0.15, -0.1) is 0 Å². The Bertz CT molecular complexity index is 631. The van der Waals surface area contributed by atoms with E-state index in [1.165, 1.54) is 24.3 Å². The van der Waals surface area contributed by atoms with E-state index in [4.69, 9.17) is 0 Å². The number of rotatable bonds is 3. The van der Waals surface area contributed by atoms with Crippen molar-refractivity contribution in [1.29, 1.82) is 0 Å². The van der Waals surface area contributed by atoms with Crippen molar-refractivity contribution in [3.05, 3.63) is 29.8 Å². The molecule has 2 rings (SSSR count). The van der Waals surface area contributed by atoms with E-state index in [0.29, 0.717) is 0 Å². The molecule has 0 heterocycles. The van der Waals surface area contributed by atoms with E-state index in [-0.39, 0.29) is 22.3 Å². The molecule has 114 valence electrons. The standard InChI is InChI=1S/C14H18N2O4S/c1-21(19,20)12-8-6-11(7-9-12)14(18)16-15-13(17)10-4-2-3-5-10/h6-10H,2-5H2,1H3,(H,15,17)(H,16,18). The number of hydrogen-bond acceptors (Lipinski definition) is 4. The SMILES string of the molecule is CS(=O)(=O)c1ccc(C(=O)NNC(=O)C2CCCC2)cc1. The van der Waals surface area contributed by atoms with Crippen LogP contribution in [0.15, 0.2) is 29.2 Å². The van der Waals surface area contributed by atoms with Gasteiger partial charge in [-0.3, -0.25) is 20.4 Å². The molecule has 1 fully saturated rings. The molecular formula is C14H18N2O4S. The summed E-state index contributed by atoms with van der Waals surface area (Å²) < 4.78 is 22.6. The van der Waals surface area contributed by atoms with Crippen molar-refractivity contribution < 1.29 is 18.0 Å². The summed E-state index contributed by atoms with van der Waals surface area (Å²) in [7, 11) is -3.28. The summed E-state index contributed by atoms with van der Waals surface area (Å²) >= 11 is 0. The van der Waals surface area contributed by atoms with E-state index >= 15 is 0 Å². The van der Waals surface area contributed by atoms with Crippen molar-refractivity contribution >= 4 is 21.7 Å². The highest BCUT2D eigenvalue weighted by atomic mass is 32.2. The summed E-state index contributed by atoms with van der Waals surface area (Å²) in [5, 5.41) is 0. The van der Waals surface area contributed by atoms with E-state index in [1.54, 1.807) is 0 Å². The molecule has 2 amide bonds. The highest BCUT2D eigenvalue weighted by Gasteiger charge is 2.22. The molecule has 1 aromatic carbocycles. The molecule has 21 heavy (non-hydrogen) atoms. The molecule has 0 saturated heterocycles. The van der Waals surface area contributed by atoms with Gasteiger partial charge in [0.1, 0.15) is 0 Å². The Morgan fingerprint density at radius 2 is 1.62 bits per heavy atom. The first-order chi connectivity index (χ1) is 9.88. The van der Waals surface area contributed by atoms with Crippen LogP contribution in [0.4, 0.5) is 0 Å². The molecular weight excluding hydrogens is 292 g/mol. The van der Waals surface area contributed by atoms with Crippen molar-refractivity contribution in [3.8, 4) is 0 Å². The molecule has 2 N–H and O–H groups in total. The molecule has 0 aliphatic heterocycles. The minimum Gasteiger partial charge on any atom is -0.273 e. The van der Waals surface area contributed by atoms with Crippen LogP contribution in [-0.2, 0) is 14.6 Å². The molecule has 0 radical (unpaired) electrons. The van der Waals surface area contributed by atoms with Gasteiger partial charge < -0.3 is 0 Å². The van der Waals surface area contributed by atoms with Gasteiger partial charge >= 0.3 is 0 Å². The number of benzene rings is 1. The normalized spacial score (nSPS) is 15.7. The van der Waals surface area contributed by atoms with E-state index < -0.39 is 15.7 Å². The molecule has 1 aromatic rings. The zero-order valence-electron chi connectivity index (χ0n) is 11.8. The van der Waals surface area contributed by atoms with Gasteiger partial charge in [-0.25, -0.2) is 8.42 Å². The van der Waals surface area contributed by atoms with E-state index in [0.717, 1.165) is 31.9 Å². The number of carbonyl (C=O) groups excluding carboxylic acids is 2. The van der Waals surface area contributed by atoms with Crippen molar-refractivity contribution in [3.63, 3.8) is 0 Å². The Morgan fingerprint density at radius 1 is 1.05 bits per heavy atom.